The third-order valence-corrected chi connectivity index (χ3v) is 6.56. The highest BCUT2D eigenvalue weighted by Crippen LogP contribution is 2.35. The fraction of sp³-hybridized carbons (Fsp3) is 0. The lowest BCUT2D eigenvalue weighted by Gasteiger charge is -2.10. The van der Waals surface area contributed by atoms with Crippen LogP contribution in [0.3, 0.4) is 0 Å². The maximum Gasteiger partial charge on any atom is 0.261 e. The van der Waals surface area contributed by atoms with Gasteiger partial charge in [0.2, 0.25) is 0 Å². The third kappa shape index (κ3) is 3.79. The van der Waals surface area contributed by atoms with Gasteiger partial charge in [0.15, 0.2) is 0 Å². The summed E-state index contributed by atoms with van der Waals surface area (Å²) in [5.74, 6) is 0. The highest BCUT2D eigenvalue weighted by Gasteiger charge is 2.17. The van der Waals surface area contributed by atoms with Crippen LogP contribution in [0.1, 0.15) is 0 Å². The van der Waals surface area contributed by atoms with Crippen molar-refractivity contribution in [2.24, 2.45) is 0 Å². The molecule has 0 spiro atoms. The number of hydrogen-bond donors (Lipinski definition) is 1. The van der Waals surface area contributed by atoms with E-state index in [1.54, 1.807) is 18.2 Å². The Morgan fingerprint density at radius 3 is 1.81 bits per heavy atom. The van der Waals surface area contributed by atoms with Crippen molar-refractivity contribution in [1.29, 1.82) is 0 Å². The van der Waals surface area contributed by atoms with Gasteiger partial charge in [0, 0.05) is 0 Å². The molecule has 0 radical (unpaired) electrons. The Bertz CT molecular complexity index is 1130. The van der Waals surface area contributed by atoms with Crippen LogP contribution >= 0.6 is 11.3 Å². The molecule has 0 saturated carbocycles. The van der Waals surface area contributed by atoms with Gasteiger partial charge in [0.25, 0.3) is 10.0 Å². The zero-order valence-electron chi connectivity index (χ0n) is 14.4. The van der Waals surface area contributed by atoms with Crippen molar-refractivity contribution in [3.63, 3.8) is 0 Å². The summed E-state index contributed by atoms with van der Waals surface area (Å²) in [6, 6.07) is 28.4. The molecular formula is C22H17NO2S2. The normalized spacial score (nSPS) is 11.3. The summed E-state index contributed by atoms with van der Waals surface area (Å²) in [6.07, 6.45) is 0. The van der Waals surface area contributed by atoms with E-state index in [0.717, 1.165) is 21.6 Å². The summed E-state index contributed by atoms with van der Waals surface area (Å²) in [5, 5.41) is 1.89. The lowest BCUT2D eigenvalue weighted by atomic mass is 10.1. The molecule has 0 amide bonds. The predicted molar refractivity (Wildman–Crippen MR) is 112 cm³/mol. The molecule has 0 bridgehead atoms. The smallest absolute Gasteiger partial charge is 0.261 e. The average molecular weight is 392 g/mol. The molecule has 4 rings (SSSR count). The van der Waals surface area contributed by atoms with E-state index in [9.17, 15) is 8.42 Å². The second-order valence-corrected chi connectivity index (χ2v) is 8.62. The topological polar surface area (TPSA) is 46.2 Å². The van der Waals surface area contributed by atoms with E-state index in [4.69, 9.17) is 0 Å². The first-order valence-electron chi connectivity index (χ1n) is 8.45. The molecule has 0 unspecified atom stereocenters. The first-order valence-corrected chi connectivity index (χ1v) is 10.8. The number of thiophene rings is 1. The van der Waals surface area contributed by atoms with E-state index in [1.165, 1.54) is 11.3 Å². The second-order valence-electron chi connectivity index (χ2n) is 6.03. The number of benzene rings is 3. The van der Waals surface area contributed by atoms with E-state index in [-0.39, 0.29) is 4.90 Å². The number of anilines is 1. The molecule has 1 aromatic heterocycles. The molecule has 0 aliphatic carbocycles. The standard InChI is InChI=1S/C22H17NO2S2/c24-27(25,20-13-11-18(12-14-20)17-7-3-1-4-8-17)23-21-15-16-26-22(21)19-9-5-2-6-10-19/h1-16,23H. The van der Waals surface area contributed by atoms with Crippen LogP contribution in [-0.2, 0) is 10.0 Å². The molecule has 4 aromatic rings. The average Bonchev–Trinajstić information content (AvgIpc) is 3.17. The van der Waals surface area contributed by atoms with E-state index in [1.807, 2.05) is 78.2 Å². The van der Waals surface area contributed by atoms with E-state index in [0.29, 0.717) is 5.69 Å². The highest BCUT2D eigenvalue weighted by molar-refractivity contribution is 7.92. The maximum absolute atomic E-state index is 12.8. The Morgan fingerprint density at radius 2 is 1.19 bits per heavy atom. The van der Waals surface area contributed by atoms with Gasteiger partial charge < -0.3 is 0 Å². The summed E-state index contributed by atoms with van der Waals surface area (Å²) in [4.78, 5) is 1.15. The fourth-order valence-electron chi connectivity index (χ4n) is 2.86. The van der Waals surface area contributed by atoms with Gasteiger partial charge in [-0.25, -0.2) is 8.42 Å². The van der Waals surface area contributed by atoms with Crippen molar-refractivity contribution in [3.8, 4) is 21.6 Å². The molecular weight excluding hydrogens is 374 g/mol. The molecule has 1 N–H and O–H groups in total. The Labute approximate surface area is 163 Å². The van der Waals surface area contributed by atoms with Gasteiger partial charge in [-0.2, -0.15) is 0 Å². The zero-order chi connectivity index (χ0) is 18.7. The number of sulfonamides is 1. The number of nitrogens with one attached hydrogen (secondary N) is 1. The molecule has 0 aliphatic heterocycles. The van der Waals surface area contributed by atoms with Crippen LogP contribution in [0.2, 0.25) is 0 Å². The van der Waals surface area contributed by atoms with Crippen molar-refractivity contribution in [2.45, 2.75) is 4.90 Å². The second kappa shape index (κ2) is 7.39. The minimum Gasteiger partial charge on any atom is -0.278 e. The summed E-state index contributed by atoms with van der Waals surface area (Å²) < 4.78 is 28.4. The molecule has 3 nitrogen and oxygen atoms in total. The molecule has 3 aromatic carbocycles. The van der Waals surface area contributed by atoms with Crippen LogP contribution in [0.4, 0.5) is 5.69 Å². The summed E-state index contributed by atoms with van der Waals surface area (Å²) in [5.41, 5.74) is 3.62. The summed E-state index contributed by atoms with van der Waals surface area (Å²) in [7, 11) is -3.66. The van der Waals surface area contributed by atoms with Crippen LogP contribution in [0.5, 0.6) is 0 Å². The minimum absolute atomic E-state index is 0.243. The molecule has 0 fully saturated rings. The lowest BCUT2D eigenvalue weighted by Crippen LogP contribution is -2.12. The van der Waals surface area contributed by atoms with Gasteiger partial charge in [0.05, 0.1) is 15.5 Å². The lowest BCUT2D eigenvalue weighted by molar-refractivity contribution is 0.601. The van der Waals surface area contributed by atoms with Crippen molar-refractivity contribution in [3.05, 3.63) is 96.4 Å². The predicted octanol–water partition coefficient (Wildman–Crippen LogP) is 5.88. The molecule has 0 atom stereocenters. The Morgan fingerprint density at radius 1 is 0.630 bits per heavy atom. The van der Waals surface area contributed by atoms with Gasteiger partial charge in [-0.05, 0) is 40.3 Å². The first kappa shape index (κ1) is 17.5. The first-order chi connectivity index (χ1) is 13.1. The summed E-state index contributed by atoms with van der Waals surface area (Å²) >= 11 is 1.51. The van der Waals surface area contributed by atoms with Crippen molar-refractivity contribution in [2.75, 3.05) is 4.72 Å². The van der Waals surface area contributed by atoms with Gasteiger partial charge >= 0.3 is 0 Å². The van der Waals surface area contributed by atoms with Crippen molar-refractivity contribution < 1.29 is 8.42 Å². The number of hydrogen-bond acceptors (Lipinski definition) is 3. The zero-order valence-corrected chi connectivity index (χ0v) is 16.0. The molecule has 0 saturated heterocycles. The van der Waals surface area contributed by atoms with Crippen LogP contribution in [-0.4, -0.2) is 8.42 Å². The van der Waals surface area contributed by atoms with Crippen LogP contribution in [0.25, 0.3) is 21.6 Å². The van der Waals surface area contributed by atoms with E-state index < -0.39 is 10.0 Å². The third-order valence-electron chi connectivity index (χ3n) is 4.22. The molecule has 27 heavy (non-hydrogen) atoms. The van der Waals surface area contributed by atoms with E-state index in [2.05, 4.69) is 4.72 Å². The van der Waals surface area contributed by atoms with Crippen LogP contribution in [0.15, 0.2) is 101 Å². The monoisotopic (exact) mass is 391 g/mol. The number of rotatable bonds is 5. The molecule has 134 valence electrons. The van der Waals surface area contributed by atoms with Gasteiger partial charge in [0.1, 0.15) is 0 Å². The van der Waals surface area contributed by atoms with Gasteiger partial charge in [-0.3, -0.25) is 4.72 Å². The van der Waals surface area contributed by atoms with E-state index >= 15 is 0 Å². The molecule has 1 heterocycles. The SMILES string of the molecule is O=S(=O)(Nc1ccsc1-c1ccccc1)c1ccc(-c2ccccc2)cc1. The Balaban J connectivity index is 1.61. The van der Waals surface area contributed by atoms with Crippen molar-refractivity contribution >= 4 is 27.0 Å². The Kier molecular flexibility index (Phi) is 4.79. The Hall–Kier alpha value is -2.89. The van der Waals surface area contributed by atoms with Crippen LogP contribution < -0.4 is 4.72 Å². The molecule has 0 aliphatic rings. The minimum atomic E-state index is -3.66. The fourth-order valence-corrected chi connectivity index (χ4v) is 4.86. The quantitative estimate of drug-likeness (QED) is 0.461. The summed E-state index contributed by atoms with van der Waals surface area (Å²) in [6.45, 7) is 0. The van der Waals surface area contributed by atoms with Gasteiger partial charge in [-0.15, -0.1) is 11.3 Å². The largest absolute Gasteiger partial charge is 0.278 e. The highest BCUT2D eigenvalue weighted by atomic mass is 32.2. The maximum atomic E-state index is 12.8. The van der Waals surface area contributed by atoms with Crippen LogP contribution in [0, 0.1) is 0 Å². The molecule has 5 heteroatoms. The van der Waals surface area contributed by atoms with Gasteiger partial charge in [-0.1, -0.05) is 72.8 Å². The van der Waals surface area contributed by atoms with Crippen molar-refractivity contribution in [1.82, 2.24) is 0 Å².